The van der Waals surface area contributed by atoms with Gasteiger partial charge >= 0.3 is 0 Å². The molecule has 0 N–H and O–H groups in total. The van der Waals surface area contributed by atoms with Crippen molar-refractivity contribution >= 4 is 46.9 Å². The van der Waals surface area contributed by atoms with Gasteiger partial charge in [0, 0.05) is 12.7 Å². The van der Waals surface area contributed by atoms with E-state index in [0.717, 1.165) is 15.7 Å². The smallest absolute Gasteiger partial charge is 0.240 e. The molecule has 0 unspecified atom stereocenters. The fourth-order valence-corrected chi connectivity index (χ4v) is 4.89. The van der Waals surface area contributed by atoms with Crippen LogP contribution in [0.4, 0.5) is 5.69 Å². The van der Waals surface area contributed by atoms with Crippen molar-refractivity contribution in [2.75, 3.05) is 11.9 Å². The van der Waals surface area contributed by atoms with Crippen molar-refractivity contribution in [2.45, 2.75) is 16.5 Å². The molecule has 1 aromatic heterocycles. The SMILES string of the molecule is C[C@H](Sc1nn(-c2ccccc2)c(=S)s1)C(=O)N(C)c1ccccc1. The van der Waals surface area contributed by atoms with Crippen molar-refractivity contribution in [3.63, 3.8) is 0 Å². The Morgan fingerprint density at radius 1 is 1.16 bits per heavy atom. The minimum absolute atomic E-state index is 0.0311. The van der Waals surface area contributed by atoms with E-state index in [-0.39, 0.29) is 11.2 Å². The van der Waals surface area contributed by atoms with E-state index in [1.54, 1.807) is 16.6 Å². The molecular weight excluding hydrogens is 370 g/mol. The summed E-state index contributed by atoms with van der Waals surface area (Å²) >= 11 is 8.27. The highest BCUT2D eigenvalue weighted by atomic mass is 32.2. The van der Waals surface area contributed by atoms with Gasteiger partial charge in [0.15, 0.2) is 8.29 Å². The van der Waals surface area contributed by atoms with Gasteiger partial charge in [-0.2, -0.15) is 0 Å². The molecule has 2 aromatic carbocycles. The Morgan fingerprint density at radius 3 is 2.40 bits per heavy atom. The second-order valence-corrected chi connectivity index (χ2v) is 8.58. The average molecular weight is 388 g/mol. The number of thioether (sulfide) groups is 1. The van der Waals surface area contributed by atoms with E-state index in [4.69, 9.17) is 12.2 Å². The van der Waals surface area contributed by atoms with Crippen molar-refractivity contribution in [2.24, 2.45) is 0 Å². The maximum absolute atomic E-state index is 12.7. The van der Waals surface area contributed by atoms with E-state index in [1.807, 2.05) is 67.6 Å². The standard InChI is InChI=1S/C18H17N3OS3/c1-13(16(22)20(2)14-9-5-3-6-10-14)24-17-19-21(18(23)25-17)15-11-7-4-8-12-15/h3-13H,1-2H3/t13-/m0/s1. The Balaban J connectivity index is 1.74. The molecule has 1 amide bonds. The van der Waals surface area contributed by atoms with Crippen LogP contribution in [0.25, 0.3) is 5.69 Å². The number of carbonyl (C=O) groups is 1. The van der Waals surface area contributed by atoms with Crippen LogP contribution in [0.2, 0.25) is 0 Å². The molecule has 3 rings (SSSR count). The number of anilines is 1. The maximum Gasteiger partial charge on any atom is 0.240 e. The summed E-state index contributed by atoms with van der Waals surface area (Å²) in [5, 5.41) is 4.30. The second-order valence-electron chi connectivity index (χ2n) is 5.37. The van der Waals surface area contributed by atoms with Crippen LogP contribution in [0.5, 0.6) is 0 Å². The zero-order valence-corrected chi connectivity index (χ0v) is 16.3. The number of amides is 1. The summed E-state index contributed by atoms with van der Waals surface area (Å²) in [7, 11) is 1.79. The number of aromatic nitrogens is 2. The highest BCUT2D eigenvalue weighted by Crippen LogP contribution is 2.29. The molecule has 0 saturated carbocycles. The normalized spacial score (nSPS) is 11.9. The van der Waals surface area contributed by atoms with Gasteiger partial charge in [-0.1, -0.05) is 59.5 Å². The number of hydrogen-bond donors (Lipinski definition) is 0. The number of rotatable bonds is 5. The van der Waals surface area contributed by atoms with E-state index < -0.39 is 0 Å². The predicted octanol–water partition coefficient (Wildman–Crippen LogP) is 4.81. The fourth-order valence-electron chi connectivity index (χ4n) is 2.29. The van der Waals surface area contributed by atoms with Crippen molar-refractivity contribution in [1.29, 1.82) is 0 Å². The lowest BCUT2D eigenvalue weighted by Gasteiger charge is -2.20. The van der Waals surface area contributed by atoms with Crippen molar-refractivity contribution < 1.29 is 4.79 Å². The number of carbonyl (C=O) groups excluding carboxylic acids is 1. The zero-order valence-electron chi connectivity index (χ0n) is 13.8. The summed E-state index contributed by atoms with van der Waals surface area (Å²) in [5.41, 5.74) is 1.80. The molecule has 0 radical (unpaired) electrons. The van der Waals surface area contributed by atoms with Crippen LogP contribution in [0.15, 0.2) is 65.0 Å². The van der Waals surface area contributed by atoms with E-state index in [1.165, 1.54) is 23.1 Å². The van der Waals surface area contributed by atoms with Gasteiger partial charge in [-0.05, 0) is 43.4 Å². The molecule has 0 aliphatic rings. The summed E-state index contributed by atoms with van der Waals surface area (Å²) in [4.78, 5) is 14.3. The van der Waals surface area contributed by atoms with Crippen molar-refractivity contribution in [1.82, 2.24) is 9.78 Å². The Morgan fingerprint density at radius 2 is 1.76 bits per heavy atom. The van der Waals surface area contributed by atoms with Crippen LogP contribution in [0.3, 0.4) is 0 Å². The molecule has 0 fully saturated rings. The third kappa shape index (κ3) is 4.18. The third-order valence-electron chi connectivity index (χ3n) is 3.63. The lowest BCUT2D eigenvalue weighted by Crippen LogP contribution is -2.33. The highest BCUT2D eigenvalue weighted by Gasteiger charge is 2.21. The first kappa shape index (κ1) is 17.8. The van der Waals surface area contributed by atoms with Gasteiger partial charge in [0.1, 0.15) is 0 Å². The van der Waals surface area contributed by atoms with Crippen LogP contribution < -0.4 is 4.90 Å². The van der Waals surface area contributed by atoms with Crippen LogP contribution in [-0.4, -0.2) is 28.0 Å². The minimum atomic E-state index is -0.255. The van der Waals surface area contributed by atoms with Crippen LogP contribution in [0.1, 0.15) is 6.92 Å². The molecule has 0 aliphatic heterocycles. The first-order valence-electron chi connectivity index (χ1n) is 7.71. The van der Waals surface area contributed by atoms with Crippen LogP contribution in [-0.2, 0) is 4.79 Å². The van der Waals surface area contributed by atoms with Crippen molar-refractivity contribution in [3.8, 4) is 5.69 Å². The summed E-state index contributed by atoms with van der Waals surface area (Å²) in [6, 6.07) is 19.4. The highest BCUT2D eigenvalue weighted by molar-refractivity contribution is 8.02. The Labute approximate surface area is 160 Å². The van der Waals surface area contributed by atoms with Gasteiger partial charge in [0.25, 0.3) is 0 Å². The first-order chi connectivity index (χ1) is 12.1. The maximum atomic E-state index is 12.7. The van der Waals surface area contributed by atoms with Crippen LogP contribution >= 0.6 is 35.3 Å². The fraction of sp³-hybridized carbons (Fsp3) is 0.167. The second kappa shape index (κ2) is 7.95. The molecule has 0 spiro atoms. The molecule has 7 heteroatoms. The molecule has 3 aromatic rings. The minimum Gasteiger partial charge on any atom is -0.315 e. The van der Waals surface area contributed by atoms with Crippen LogP contribution in [0, 0.1) is 3.95 Å². The van der Waals surface area contributed by atoms with Gasteiger partial charge in [-0.25, -0.2) is 4.68 Å². The molecule has 0 saturated heterocycles. The average Bonchev–Trinajstić information content (AvgIpc) is 3.02. The number of benzene rings is 2. The quantitative estimate of drug-likeness (QED) is 0.465. The van der Waals surface area contributed by atoms with Crippen molar-refractivity contribution in [3.05, 3.63) is 64.6 Å². The van der Waals surface area contributed by atoms with E-state index >= 15 is 0 Å². The number of para-hydroxylation sites is 2. The summed E-state index contributed by atoms with van der Waals surface area (Å²) in [5.74, 6) is 0.0311. The van der Waals surface area contributed by atoms with E-state index in [9.17, 15) is 4.79 Å². The molecule has 25 heavy (non-hydrogen) atoms. The predicted molar refractivity (Wildman–Crippen MR) is 107 cm³/mol. The molecule has 1 heterocycles. The monoisotopic (exact) mass is 387 g/mol. The Hall–Kier alpha value is -1.96. The van der Waals surface area contributed by atoms with Gasteiger partial charge in [0.2, 0.25) is 5.91 Å². The largest absolute Gasteiger partial charge is 0.315 e. The van der Waals surface area contributed by atoms with Gasteiger partial charge in [-0.3, -0.25) is 4.79 Å². The van der Waals surface area contributed by atoms with Gasteiger partial charge in [0.05, 0.1) is 10.9 Å². The number of nitrogens with zero attached hydrogens (tertiary/aromatic N) is 3. The van der Waals surface area contributed by atoms with Gasteiger partial charge < -0.3 is 4.90 Å². The Bertz CT molecular complexity index is 906. The summed E-state index contributed by atoms with van der Waals surface area (Å²) in [6.07, 6.45) is 0. The first-order valence-corrected chi connectivity index (χ1v) is 9.81. The third-order valence-corrected chi connectivity index (χ3v) is 6.03. The number of hydrogen-bond acceptors (Lipinski definition) is 5. The summed E-state index contributed by atoms with van der Waals surface area (Å²) < 4.78 is 3.20. The molecule has 4 nitrogen and oxygen atoms in total. The lowest BCUT2D eigenvalue weighted by molar-refractivity contribution is -0.117. The lowest BCUT2D eigenvalue weighted by atomic mass is 10.3. The molecule has 1 atom stereocenters. The molecule has 0 bridgehead atoms. The summed E-state index contributed by atoms with van der Waals surface area (Å²) in [6.45, 7) is 1.89. The molecule has 0 aliphatic carbocycles. The van der Waals surface area contributed by atoms with E-state index in [2.05, 4.69) is 5.10 Å². The molecule has 128 valence electrons. The topological polar surface area (TPSA) is 38.1 Å². The van der Waals surface area contributed by atoms with E-state index in [0.29, 0.717) is 3.95 Å². The Kier molecular flexibility index (Phi) is 5.67. The van der Waals surface area contributed by atoms with Gasteiger partial charge in [-0.15, -0.1) is 5.10 Å². The molecular formula is C18H17N3OS3. The zero-order chi connectivity index (χ0) is 17.8.